The van der Waals surface area contributed by atoms with Crippen molar-refractivity contribution in [3.8, 4) is 0 Å². The summed E-state index contributed by atoms with van der Waals surface area (Å²) in [5.41, 5.74) is 0.487. The Hall–Kier alpha value is -1.67. The van der Waals surface area contributed by atoms with Gasteiger partial charge in [-0.3, -0.25) is 4.98 Å². The number of amidine groups is 1. The molecule has 2 fully saturated rings. The highest BCUT2D eigenvalue weighted by Gasteiger charge is 2.52. The van der Waals surface area contributed by atoms with Crippen molar-refractivity contribution in [1.29, 1.82) is 0 Å². The van der Waals surface area contributed by atoms with E-state index in [-0.39, 0.29) is 11.9 Å². The predicted octanol–water partition coefficient (Wildman–Crippen LogP) is 2.06. The quantitative estimate of drug-likeness (QED) is 0.754. The lowest BCUT2D eigenvalue weighted by atomic mass is 9.79. The number of fused-ring (bicyclic) bond motifs is 3. The number of ether oxygens (including phenoxy) is 1. The molecule has 1 aromatic rings. The Labute approximate surface area is 154 Å². The van der Waals surface area contributed by atoms with E-state index in [2.05, 4.69) is 26.0 Å². The van der Waals surface area contributed by atoms with Crippen LogP contribution in [0.15, 0.2) is 28.0 Å². The SMILES string of the molecule is CC1(C)CC2CCC3=NN(Cc4cncc(Br)c4)C(O)N3[C@@H]2C(=O)O1. The van der Waals surface area contributed by atoms with E-state index in [1.54, 1.807) is 22.3 Å². The first kappa shape index (κ1) is 16.8. The first-order valence-electron chi connectivity index (χ1n) is 8.47. The number of halogens is 1. The summed E-state index contributed by atoms with van der Waals surface area (Å²) in [4.78, 5) is 18.5. The number of hydrogen-bond acceptors (Lipinski definition) is 7. The molecule has 8 heteroatoms. The molecule has 25 heavy (non-hydrogen) atoms. The van der Waals surface area contributed by atoms with E-state index in [4.69, 9.17) is 4.74 Å². The molecule has 4 heterocycles. The predicted molar refractivity (Wildman–Crippen MR) is 94.1 cm³/mol. The molecule has 0 amide bonds. The van der Waals surface area contributed by atoms with Gasteiger partial charge in [0.25, 0.3) is 0 Å². The van der Waals surface area contributed by atoms with Gasteiger partial charge in [-0.05, 0) is 60.2 Å². The van der Waals surface area contributed by atoms with Crippen LogP contribution in [0.3, 0.4) is 0 Å². The van der Waals surface area contributed by atoms with Gasteiger partial charge in [0.1, 0.15) is 17.5 Å². The molecule has 3 aliphatic heterocycles. The fraction of sp³-hybridized carbons (Fsp3) is 0.588. The number of hydrazone groups is 1. The highest BCUT2D eigenvalue weighted by Crippen LogP contribution is 2.41. The van der Waals surface area contributed by atoms with Gasteiger partial charge in [0, 0.05) is 23.3 Å². The van der Waals surface area contributed by atoms with Crippen LogP contribution >= 0.6 is 15.9 Å². The molecule has 2 saturated heterocycles. The Morgan fingerprint density at radius 1 is 1.44 bits per heavy atom. The largest absolute Gasteiger partial charge is 0.458 e. The molecule has 0 spiro atoms. The van der Waals surface area contributed by atoms with Gasteiger partial charge in [-0.25, -0.2) is 9.80 Å². The topological polar surface area (TPSA) is 78.3 Å². The first-order valence-corrected chi connectivity index (χ1v) is 9.26. The molecule has 1 N–H and O–H groups in total. The summed E-state index contributed by atoms with van der Waals surface area (Å²) in [5.74, 6) is 0.671. The second kappa shape index (κ2) is 5.95. The zero-order chi connectivity index (χ0) is 17.8. The molecular weight excluding hydrogens is 388 g/mol. The van der Waals surface area contributed by atoms with Gasteiger partial charge in [0.2, 0.25) is 6.35 Å². The molecule has 7 nitrogen and oxygen atoms in total. The molecule has 3 atom stereocenters. The van der Waals surface area contributed by atoms with Crippen molar-refractivity contribution in [2.45, 2.75) is 57.6 Å². The number of carbonyl (C=O) groups excluding carboxylic acids is 1. The number of cyclic esters (lactones) is 1. The van der Waals surface area contributed by atoms with Gasteiger partial charge in [0.05, 0.1) is 6.54 Å². The fourth-order valence-corrected chi connectivity index (χ4v) is 4.50. The van der Waals surface area contributed by atoms with E-state index in [9.17, 15) is 9.90 Å². The van der Waals surface area contributed by atoms with E-state index >= 15 is 0 Å². The average molecular weight is 409 g/mol. The monoisotopic (exact) mass is 408 g/mol. The van der Waals surface area contributed by atoms with E-state index in [0.29, 0.717) is 6.54 Å². The standard InChI is InChI=1S/C17H21BrN4O3/c1-17(2)6-11-3-4-13-20-21(9-10-5-12(18)8-19-7-10)16(24)22(13)14(11)15(23)25-17/h5,7-8,11,14,16,24H,3-4,6,9H2,1-2H3/t11?,14-,16?/m0/s1. The zero-order valence-corrected chi connectivity index (χ0v) is 15.8. The van der Waals surface area contributed by atoms with E-state index in [1.807, 2.05) is 19.9 Å². The van der Waals surface area contributed by atoms with Crippen molar-refractivity contribution in [3.63, 3.8) is 0 Å². The molecule has 2 unspecified atom stereocenters. The number of hydrogen-bond donors (Lipinski definition) is 1. The first-order chi connectivity index (χ1) is 11.8. The number of piperidine rings is 1. The van der Waals surface area contributed by atoms with Gasteiger partial charge in [-0.1, -0.05) is 0 Å². The summed E-state index contributed by atoms with van der Waals surface area (Å²) in [6, 6.07) is 1.48. The molecule has 1 aromatic heterocycles. The number of nitrogens with zero attached hydrogens (tertiary/aromatic N) is 4. The van der Waals surface area contributed by atoms with Gasteiger partial charge >= 0.3 is 5.97 Å². The summed E-state index contributed by atoms with van der Waals surface area (Å²) in [6.07, 6.45) is 4.94. The minimum absolute atomic E-state index is 0.178. The van der Waals surface area contributed by atoms with Crippen molar-refractivity contribution >= 4 is 27.7 Å². The third kappa shape index (κ3) is 3.01. The number of esters is 1. The van der Waals surface area contributed by atoms with Crippen LogP contribution in [-0.2, 0) is 16.1 Å². The Morgan fingerprint density at radius 3 is 3.00 bits per heavy atom. The van der Waals surface area contributed by atoms with E-state index < -0.39 is 18.0 Å². The normalized spacial score (nSPS) is 30.5. The lowest BCUT2D eigenvalue weighted by molar-refractivity contribution is -0.187. The van der Waals surface area contributed by atoms with Crippen LogP contribution in [0.25, 0.3) is 0 Å². The van der Waals surface area contributed by atoms with Crippen LogP contribution in [0.4, 0.5) is 0 Å². The smallest absolute Gasteiger partial charge is 0.329 e. The Balaban J connectivity index is 1.56. The van der Waals surface area contributed by atoms with Crippen LogP contribution in [0.5, 0.6) is 0 Å². The molecule has 0 bridgehead atoms. The Kier molecular flexibility index (Phi) is 3.99. The van der Waals surface area contributed by atoms with Crippen molar-refractivity contribution in [2.75, 3.05) is 0 Å². The van der Waals surface area contributed by atoms with E-state index in [0.717, 1.165) is 35.1 Å². The second-order valence-corrected chi connectivity index (χ2v) is 8.42. The van der Waals surface area contributed by atoms with Gasteiger partial charge < -0.3 is 14.7 Å². The van der Waals surface area contributed by atoms with E-state index in [1.165, 1.54) is 0 Å². The third-order valence-electron chi connectivity index (χ3n) is 5.02. The van der Waals surface area contributed by atoms with Crippen molar-refractivity contribution in [2.24, 2.45) is 11.0 Å². The maximum Gasteiger partial charge on any atom is 0.329 e. The third-order valence-corrected chi connectivity index (χ3v) is 5.45. The number of carbonyl (C=O) groups is 1. The van der Waals surface area contributed by atoms with Crippen LogP contribution in [0.1, 0.15) is 38.7 Å². The van der Waals surface area contributed by atoms with Crippen molar-refractivity contribution < 1.29 is 14.6 Å². The van der Waals surface area contributed by atoms with Crippen LogP contribution in [0.2, 0.25) is 0 Å². The van der Waals surface area contributed by atoms with Crippen molar-refractivity contribution in [1.82, 2.24) is 14.9 Å². The van der Waals surface area contributed by atoms with Crippen LogP contribution in [-0.4, -0.2) is 49.8 Å². The Bertz CT molecular complexity index is 738. The molecule has 0 aliphatic carbocycles. The van der Waals surface area contributed by atoms with Gasteiger partial charge in [0.15, 0.2) is 0 Å². The molecular formula is C17H21BrN4O3. The second-order valence-electron chi connectivity index (χ2n) is 7.51. The van der Waals surface area contributed by atoms with Gasteiger partial charge in [-0.15, -0.1) is 0 Å². The number of rotatable bonds is 2. The summed E-state index contributed by atoms with van der Waals surface area (Å²) in [7, 11) is 0. The maximum absolute atomic E-state index is 12.6. The molecule has 4 rings (SSSR count). The molecule has 0 saturated carbocycles. The molecule has 3 aliphatic rings. The lowest BCUT2D eigenvalue weighted by Gasteiger charge is -2.47. The molecule has 0 aromatic carbocycles. The summed E-state index contributed by atoms with van der Waals surface area (Å²) >= 11 is 3.40. The highest BCUT2D eigenvalue weighted by molar-refractivity contribution is 9.10. The average Bonchev–Trinajstić information content (AvgIpc) is 2.82. The summed E-state index contributed by atoms with van der Waals surface area (Å²) < 4.78 is 6.46. The maximum atomic E-state index is 12.6. The fourth-order valence-electron chi connectivity index (χ4n) is 4.08. The van der Waals surface area contributed by atoms with Crippen molar-refractivity contribution in [3.05, 3.63) is 28.5 Å². The minimum Gasteiger partial charge on any atom is -0.458 e. The van der Waals surface area contributed by atoms with Crippen LogP contribution < -0.4 is 0 Å². The highest BCUT2D eigenvalue weighted by atomic mass is 79.9. The Morgan fingerprint density at radius 2 is 2.24 bits per heavy atom. The summed E-state index contributed by atoms with van der Waals surface area (Å²) in [5, 5.41) is 17.0. The molecule has 134 valence electrons. The van der Waals surface area contributed by atoms with Gasteiger partial charge in [-0.2, -0.15) is 5.10 Å². The number of aromatic nitrogens is 1. The summed E-state index contributed by atoms with van der Waals surface area (Å²) in [6.45, 7) is 4.31. The van der Waals surface area contributed by atoms with Crippen LogP contribution in [0, 0.1) is 5.92 Å². The number of pyridine rings is 1. The zero-order valence-electron chi connectivity index (χ0n) is 14.2. The lowest BCUT2D eigenvalue weighted by Crippen LogP contribution is -2.61. The number of aliphatic hydroxyl groups is 1. The number of aliphatic hydroxyl groups excluding tert-OH is 1. The minimum atomic E-state index is -0.962. The molecule has 0 radical (unpaired) electrons.